The molecule has 5 nitrogen and oxygen atoms in total. The van der Waals surface area contributed by atoms with E-state index in [0.717, 1.165) is 50.3 Å². The van der Waals surface area contributed by atoms with Gasteiger partial charge in [0.2, 0.25) is 0 Å². The third-order valence-corrected chi connectivity index (χ3v) is 4.45. The summed E-state index contributed by atoms with van der Waals surface area (Å²) in [7, 11) is 3.84. The number of ether oxygens (including phenoxy) is 2. The molecular formula is C14H25N3O2S. The first-order valence-electron chi connectivity index (χ1n) is 7.22. The normalized spacial score (nSPS) is 19.2. The lowest BCUT2D eigenvalue weighted by Crippen LogP contribution is -2.30. The topological polar surface area (TPSA) is 46.6 Å². The quantitative estimate of drug-likeness (QED) is 0.741. The SMILES string of the molecule is COCCNCc1csc(N(C)CC2CCCOC2)n1. The summed E-state index contributed by atoms with van der Waals surface area (Å²) in [6.07, 6.45) is 2.45. The molecule has 1 aliphatic heterocycles. The molecule has 0 aliphatic carbocycles. The molecule has 20 heavy (non-hydrogen) atoms. The fourth-order valence-electron chi connectivity index (χ4n) is 2.36. The molecule has 1 unspecified atom stereocenters. The molecule has 2 rings (SSSR count). The second-order valence-electron chi connectivity index (χ2n) is 5.25. The van der Waals surface area contributed by atoms with Gasteiger partial charge in [0.1, 0.15) is 0 Å². The maximum absolute atomic E-state index is 5.53. The van der Waals surface area contributed by atoms with Crippen molar-refractivity contribution in [2.45, 2.75) is 19.4 Å². The molecule has 114 valence electrons. The van der Waals surface area contributed by atoms with Crippen LogP contribution in [0, 0.1) is 5.92 Å². The van der Waals surface area contributed by atoms with Gasteiger partial charge < -0.3 is 19.7 Å². The third-order valence-electron chi connectivity index (χ3n) is 3.44. The molecule has 1 aromatic heterocycles. The van der Waals surface area contributed by atoms with Crippen LogP contribution in [0.25, 0.3) is 0 Å². The zero-order valence-electron chi connectivity index (χ0n) is 12.4. The second-order valence-corrected chi connectivity index (χ2v) is 6.09. The smallest absolute Gasteiger partial charge is 0.185 e. The van der Waals surface area contributed by atoms with Gasteiger partial charge in [-0.05, 0) is 18.8 Å². The Kier molecular flexibility index (Phi) is 6.72. The van der Waals surface area contributed by atoms with Crippen LogP contribution in [0.1, 0.15) is 18.5 Å². The lowest BCUT2D eigenvalue weighted by atomic mass is 10.0. The molecule has 1 saturated heterocycles. The molecule has 0 amide bonds. The number of aromatic nitrogens is 1. The second kappa shape index (κ2) is 8.56. The highest BCUT2D eigenvalue weighted by atomic mass is 32.1. The number of hydrogen-bond donors (Lipinski definition) is 1. The van der Waals surface area contributed by atoms with E-state index in [0.29, 0.717) is 5.92 Å². The summed E-state index contributed by atoms with van der Waals surface area (Å²) in [5, 5.41) is 6.54. The molecular weight excluding hydrogens is 274 g/mol. The van der Waals surface area contributed by atoms with Crippen LogP contribution in [-0.4, -0.2) is 52.1 Å². The first-order valence-corrected chi connectivity index (χ1v) is 8.10. The maximum atomic E-state index is 5.53. The number of thiazole rings is 1. The fourth-order valence-corrected chi connectivity index (χ4v) is 3.16. The van der Waals surface area contributed by atoms with Gasteiger partial charge in [0.05, 0.1) is 18.9 Å². The van der Waals surface area contributed by atoms with Crippen LogP contribution in [0.3, 0.4) is 0 Å². The number of methoxy groups -OCH3 is 1. The summed E-state index contributed by atoms with van der Waals surface area (Å²) in [5.74, 6) is 0.640. The van der Waals surface area contributed by atoms with Gasteiger partial charge in [-0.3, -0.25) is 0 Å². The average Bonchev–Trinajstić information content (AvgIpc) is 2.94. The third kappa shape index (κ3) is 5.01. The van der Waals surface area contributed by atoms with Crippen LogP contribution in [0.5, 0.6) is 0 Å². The van der Waals surface area contributed by atoms with Crippen molar-refractivity contribution in [2.75, 3.05) is 52.0 Å². The van der Waals surface area contributed by atoms with Gasteiger partial charge in [-0.25, -0.2) is 4.98 Å². The summed E-state index contributed by atoms with van der Waals surface area (Å²) in [4.78, 5) is 6.93. The summed E-state index contributed by atoms with van der Waals surface area (Å²) in [6, 6.07) is 0. The number of nitrogens with zero attached hydrogens (tertiary/aromatic N) is 2. The van der Waals surface area contributed by atoms with E-state index in [4.69, 9.17) is 9.47 Å². The molecule has 0 aromatic carbocycles. The molecule has 1 N–H and O–H groups in total. The Bertz CT molecular complexity index is 380. The van der Waals surface area contributed by atoms with E-state index in [1.165, 1.54) is 12.8 Å². The molecule has 2 heterocycles. The van der Waals surface area contributed by atoms with Crippen molar-refractivity contribution in [1.82, 2.24) is 10.3 Å². The predicted molar refractivity (Wildman–Crippen MR) is 82.5 cm³/mol. The monoisotopic (exact) mass is 299 g/mol. The van der Waals surface area contributed by atoms with Crippen molar-refractivity contribution in [1.29, 1.82) is 0 Å². The molecule has 0 radical (unpaired) electrons. The molecule has 1 aromatic rings. The Hall–Kier alpha value is -0.690. The molecule has 1 atom stereocenters. The molecule has 0 saturated carbocycles. The summed E-state index contributed by atoms with van der Waals surface area (Å²) < 4.78 is 10.5. The first kappa shape index (κ1) is 15.7. The lowest BCUT2D eigenvalue weighted by Gasteiger charge is -2.26. The predicted octanol–water partition coefficient (Wildman–Crippen LogP) is 1.74. The minimum atomic E-state index is 0.640. The molecule has 0 spiro atoms. The van der Waals surface area contributed by atoms with E-state index in [1.807, 2.05) is 0 Å². The highest BCUT2D eigenvalue weighted by molar-refractivity contribution is 7.13. The number of rotatable bonds is 8. The minimum Gasteiger partial charge on any atom is -0.383 e. The molecule has 1 aliphatic rings. The largest absolute Gasteiger partial charge is 0.383 e. The van der Waals surface area contributed by atoms with Gasteiger partial charge in [0, 0.05) is 45.8 Å². The standard InChI is InChI=1S/C14H25N3O2S/c1-17(9-12-4-3-6-19-10-12)14-16-13(11-20-14)8-15-5-7-18-2/h11-12,15H,3-10H2,1-2H3. The Balaban J connectivity index is 1.75. The molecule has 1 fully saturated rings. The van der Waals surface area contributed by atoms with Crippen molar-refractivity contribution in [3.63, 3.8) is 0 Å². The van der Waals surface area contributed by atoms with Crippen LogP contribution in [-0.2, 0) is 16.0 Å². The lowest BCUT2D eigenvalue weighted by molar-refractivity contribution is 0.0576. The summed E-state index contributed by atoms with van der Waals surface area (Å²) in [5.41, 5.74) is 1.10. The van der Waals surface area contributed by atoms with Crippen LogP contribution < -0.4 is 10.2 Å². The van der Waals surface area contributed by atoms with Crippen LogP contribution in [0.15, 0.2) is 5.38 Å². The van der Waals surface area contributed by atoms with E-state index >= 15 is 0 Å². The zero-order valence-corrected chi connectivity index (χ0v) is 13.2. The van der Waals surface area contributed by atoms with Gasteiger partial charge in [-0.1, -0.05) is 0 Å². The van der Waals surface area contributed by atoms with E-state index in [9.17, 15) is 0 Å². The van der Waals surface area contributed by atoms with E-state index in [2.05, 4.69) is 27.6 Å². The van der Waals surface area contributed by atoms with Crippen molar-refractivity contribution in [2.24, 2.45) is 5.92 Å². The Labute approximate surface area is 125 Å². The summed E-state index contributed by atoms with van der Waals surface area (Å²) in [6.45, 7) is 5.25. The number of nitrogens with one attached hydrogen (secondary N) is 1. The van der Waals surface area contributed by atoms with Crippen LogP contribution in [0.4, 0.5) is 5.13 Å². The number of anilines is 1. The van der Waals surface area contributed by atoms with Gasteiger partial charge in [-0.15, -0.1) is 11.3 Å². The van der Waals surface area contributed by atoms with Gasteiger partial charge in [0.15, 0.2) is 5.13 Å². The van der Waals surface area contributed by atoms with Crippen molar-refractivity contribution in [3.8, 4) is 0 Å². The van der Waals surface area contributed by atoms with E-state index in [1.54, 1.807) is 18.4 Å². The van der Waals surface area contributed by atoms with Gasteiger partial charge in [0.25, 0.3) is 0 Å². The van der Waals surface area contributed by atoms with Crippen molar-refractivity contribution < 1.29 is 9.47 Å². The van der Waals surface area contributed by atoms with Crippen molar-refractivity contribution in [3.05, 3.63) is 11.1 Å². The van der Waals surface area contributed by atoms with Gasteiger partial charge >= 0.3 is 0 Å². The van der Waals surface area contributed by atoms with Crippen LogP contribution in [0.2, 0.25) is 0 Å². The number of hydrogen-bond acceptors (Lipinski definition) is 6. The van der Waals surface area contributed by atoms with E-state index < -0.39 is 0 Å². The highest BCUT2D eigenvalue weighted by Crippen LogP contribution is 2.22. The molecule has 6 heteroatoms. The Morgan fingerprint density at radius 2 is 2.50 bits per heavy atom. The Morgan fingerprint density at radius 3 is 3.25 bits per heavy atom. The maximum Gasteiger partial charge on any atom is 0.185 e. The fraction of sp³-hybridized carbons (Fsp3) is 0.786. The molecule has 0 bridgehead atoms. The average molecular weight is 299 g/mol. The first-order chi connectivity index (χ1) is 9.79. The highest BCUT2D eigenvalue weighted by Gasteiger charge is 2.17. The van der Waals surface area contributed by atoms with Crippen LogP contribution >= 0.6 is 11.3 Å². The zero-order chi connectivity index (χ0) is 14.2. The van der Waals surface area contributed by atoms with Gasteiger partial charge in [-0.2, -0.15) is 0 Å². The Morgan fingerprint density at radius 1 is 1.60 bits per heavy atom. The van der Waals surface area contributed by atoms with Crippen molar-refractivity contribution >= 4 is 16.5 Å². The summed E-state index contributed by atoms with van der Waals surface area (Å²) >= 11 is 1.71. The van der Waals surface area contributed by atoms with E-state index in [-0.39, 0.29) is 0 Å². The minimum absolute atomic E-state index is 0.640.